The van der Waals surface area contributed by atoms with Crippen molar-refractivity contribution >= 4 is 34.6 Å². The van der Waals surface area contributed by atoms with E-state index in [0.29, 0.717) is 22.4 Å². The molecule has 1 aliphatic heterocycles. The third kappa shape index (κ3) is 2.96. The minimum atomic E-state index is -0.570. The van der Waals surface area contributed by atoms with Crippen molar-refractivity contribution in [2.75, 3.05) is 0 Å². The van der Waals surface area contributed by atoms with Crippen LogP contribution in [0.3, 0.4) is 0 Å². The highest BCUT2D eigenvalue weighted by Gasteiger charge is 2.30. The maximum absolute atomic E-state index is 12.4. The second-order valence-electron chi connectivity index (χ2n) is 6.82. The fraction of sp³-hybridized carbons (Fsp3) is 0. The number of carbonyl (C=O) groups is 2. The number of hydrogen-bond acceptors (Lipinski definition) is 6. The molecule has 2 amide bonds. The summed E-state index contributed by atoms with van der Waals surface area (Å²) in [4.78, 5) is 48.6. The predicted octanol–water partition coefficient (Wildman–Crippen LogP) is 3.06. The fourth-order valence-corrected chi connectivity index (χ4v) is 3.81. The van der Waals surface area contributed by atoms with Crippen LogP contribution in [0.2, 0.25) is 5.02 Å². The lowest BCUT2D eigenvalue weighted by molar-refractivity contribution is 0.0879. The molecule has 4 aromatic rings. The fourth-order valence-electron chi connectivity index (χ4n) is 3.51. The molecule has 0 unspecified atom stereocenters. The van der Waals surface area contributed by atoms with Crippen molar-refractivity contribution in [1.29, 1.82) is 5.26 Å². The highest BCUT2D eigenvalue weighted by molar-refractivity contribution is 6.37. The van der Waals surface area contributed by atoms with Gasteiger partial charge in [0, 0.05) is 23.4 Å². The van der Waals surface area contributed by atoms with Gasteiger partial charge in [0.15, 0.2) is 11.2 Å². The third-order valence-electron chi connectivity index (χ3n) is 4.91. The Morgan fingerprint density at radius 2 is 1.74 bits per heavy atom. The number of hydrogen-bond donors (Lipinski definition) is 2. The minimum absolute atomic E-state index is 0.0800. The molecule has 5 rings (SSSR count). The Kier molecular flexibility index (Phi) is 4.13. The van der Waals surface area contributed by atoms with E-state index >= 15 is 0 Å². The molecule has 3 heterocycles. The third-order valence-corrected chi connectivity index (χ3v) is 5.21. The van der Waals surface area contributed by atoms with E-state index in [9.17, 15) is 19.6 Å². The smallest absolute Gasteiger partial charge is 0.260 e. The summed E-state index contributed by atoms with van der Waals surface area (Å²) in [5.74, 6) is -1.14. The number of nitrogens with zero attached hydrogens (tertiary/aromatic N) is 3. The summed E-state index contributed by atoms with van der Waals surface area (Å²) in [6.45, 7) is 0. The van der Waals surface area contributed by atoms with Crippen molar-refractivity contribution in [2.45, 2.75) is 0 Å². The van der Waals surface area contributed by atoms with Crippen molar-refractivity contribution in [3.05, 3.63) is 80.6 Å². The molecule has 31 heavy (non-hydrogen) atoms. The number of nitrogens with one attached hydrogen (secondary N) is 2. The summed E-state index contributed by atoms with van der Waals surface area (Å²) in [5, 5.41) is 11.6. The van der Waals surface area contributed by atoms with Crippen LogP contribution < -0.4 is 10.7 Å². The number of pyridine rings is 1. The Hall–Kier alpha value is -4.35. The van der Waals surface area contributed by atoms with Crippen LogP contribution >= 0.6 is 11.6 Å². The Labute approximate surface area is 179 Å². The van der Waals surface area contributed by atoms with Crippen molar-refractivity contribution < 1.29 is 9.59 Å². The lowest BCUT2D eigenvalue weighted by Gasteiger charge is -2.12. The van der Waals surface area contributed by atoms with Gasteiger partial charge in [0.25, 0.3) is 11.8 Å². The average molecular weight is 428 g/mol. The zero-order chi connectivity index (χ0) is 21.7. The molecule has 0 atom stereocenters. The molecule has 0 bridgehead atoms. The molecular formula is C22H10ClN5O3. The van der Waals surface area contributed by atoms with Crippen LogP contribution in [0.5, 0.6) is 0 Å². The second kappa shape index (κ2) is 6.86. The zero-order valence-corrected chi connectivity index (χ0v) is 16.3. The lowest BCUT2D eigenvalue weighted by atomic mass is 9.99. The van der Waals surface area contributed by atoms with Crippen molar-refractivity contribution in [3.8, 4) is 28.6 Å². The quantitative estimate of drug-likeness (QED) is 0.473. The van der Waals surface area contributed by atoms with Crippen LogP contribution in [-0.4, -0.2) is 26.8 Å². The van der Waals surface area contributed by atoms with Gasteiger partial charge in [0.1, 0.15) is 0 Å². The van der Waals surface area contributed by atoms with Crippen LogP contribution in [0.25, 0.3) is 33.7 Å². The molecular weight excluding hydrogens is 418 g/mol. The molecule has 0 radical (unpaired) electrons. The van der Waals surface area contributed by atoms with Crippen LogP contribution in [0.4, 0.5) is 0 Å². The average Bonchev–Trinajstić information content (AvgIpc) is 3.07. The number of nitriles is 1. The molecule has 8 nitrogen and oxygen atoms in total. The van der Waals surface area contributed by atoms with Gasteiger partial charge in [-0.05, 0) is 24.3 Å². The van der Waals surface area contributed by atoms with Crippen molar-refractivity contribution in [3.63, 3.8) is 0 Å². The first kappa shape index (κ1) is 18.7. The van der Waals surface area contributed by atoms with Gasteiger partial charge >= 0.3 is 0 Å². The first-order valence-electron chi connectivity index (χ1n) is 9.06. The van der Waals surface area contributed by atoms with Crippen molar-refractivity contribution in [2.24, 2.45) is 0 Å². The number of imide groups is 1. The number of carbonyl (C=O) groups excluding carboxylic acids is 2. The highest BCUT2D eigenvalue weighted by Crippen LogP contribution is 2.35. The molecule has 0 saturated heterocycles. The second-order valence-corrected chi connectivity index (χ2v) is 7.22. The molecule has 2 N–H and O–H groups in total. The molecule has 0 saturated carbocycles. The van der Waals surface area contributed by atoms with Crippen LogP contribution in [0.15, 0.2) is 53.5 Å². The zero-order valence-electron chi connectivity index (χ0n) is 15.6. The highest BCUT2D eigenvalue weighted by atomic mass is 35.5. The number of aromatic nitrogens is 3. The molecule has 0 spiro atoms. The molecule has 1 aliphatic rings. The van der Waals surface area contributed by atoms with Gasteiger partial charge in [0.2, 0.25) is 5.43 Å². The number of aromatic amines is 1. The number of fused-ring (bicyclic) bond motifs is 2. The topological polar surface area (TPSA) is 129 Å². The van der Waals surface area contributed by atoms with E-state index in [0.717, 1.165) is 0 Å². The number of halogens is 1. The van der Waals surface area contributed by atoms with Gasteiger partial charge in [-0.25, -0.2) is 9.97 Å². The van der Waals surface area contributed by atoms with Gasteiger partial charge < -0.3 is 4.98 Å². The molecule has 148 valence electrons. The van der Waals surface area contributed by atoms with Crippen LogP contribution in [0.1, 0.15) is 26.3 Å². The van der Waals surface area contributed by atoms with Crippen LogP contribution in [-0.2, 0) is 0 Å². The van der Waals surface area contributed by atoms with Gasteiger partial charge in [0.05, 0.1) is 39.2 Å². The molecule has 0 aliphatic carbocycles. The number of H-pyrrole nitrogens is 1. The summed E-state index contributed by atoms with van der Waals surface area (Å²) in [5.41, 5.74) is 2.34. The number of benzene rings is 2. The van der Waals surface area contributed by atoms with Gasteiger partial charge in [-0.2, -0.15) is 5.26 Å². The molecule has 2 aromatic carbocycles. The Morgan fingerprint density at radius 3 is 2.55 bits per heavy atom. The largest absolute Gasteiger partial charge is 0.345 e. The summed E-state index contributed by atoms with van der Waals surface area (Å²) in [6.07, 6.45) is 1.47. The number of amides is 2. The Bertz CT molecular complexity index is 1550. The Balaban J connectivity index is 1.85. The first-order chi connectivity index (χ1) is 15.0. The first-order valence-corrected chi connectivity index (χ1v) is 9.43. The normalized spacial score (nSPS) is 12.5. The van der Waals surface area contributed by atoms with Crippen molar-refractivity contribution in [1.82, 2.24) is 20.3 Å². The van der Waals surface area contributed by atoms with Gasteiger partial charge in [-0.3, -0.25) is 19.7 Å². The molecule has 9 heteroatoms. The maximum Gasteiger partial charge on any atom is 0.260 e. The summed E-state index contributed by atoms with van der Waals surface area (Å²) in [6, 6.07) is 13.2. The van der Waals surface area contributed by atoms with Gasteiger partial charge in [-0.1, -0.05) is 23.7 Å². The van der Waals surface area contributed by atoms with E-state index in [1.165, 1.54) is 24.4 Å². The molecule has 0 fully saturated rings. The van der Waals surface area contributed by atoms with Gasteiger partial charge in [-0.15, -0.1) is 0 Å². The van der Waals surface area contributed by atoms with E-state index in [-0.39, 0.29) is 38.4 Å². The van der Waals surface area contributed by atoms with E-state index < -0.39 is 11.8 Å². The Morgan fingerprint density at radius 1 is 0.935 bits per heavy atom. The number of rotatable bonds is 2. The SMILES string of the molecule is N#Cc1cccc(-c2nc3[nH]ccc(=O)c3nc2-c2cc(Cl)c3c(c2)C(=O)NC3=O)c1. The summed E-state index contributed by atoms with van der Waals surface area (Å²) >= 11 is 6.31. The van der Waals surface area contributed by atoms with E-state index in [1.54, 1.807) is 24.3 Å². The monoisotopic (exact) mass is 427 g/mol. The standard InChI is InChI=1S/C22H10ClN5O3/c23-14-8-12(7-13-16(14)22(31)28-21(13)30)18-17(11-3-1-2-10(6-11)9-24)27-20-19(26-18)15(29)4-5-25-20/h1-8H,(H,25,27,29)(H,28,30,31). The maximum atomic E-state index is 12.4. The lowest BCUT2D eigenvalue weighted by Crippen LogP contribution is -2.20. The van der Waals surface area contributed by atoms with E-state index in [4.69, 9.17) is 11.6 Å². The van der Waals surface area contributed by atoms with Crippen LogP contribution in [0, 0.1) is 11.3 Å². The molecule has 2 aromatic heterocycles. The minimum Gasteiger partial charge on any atom is -0.345 e. The van der Waals surface area contributed by atoms with E-state index in [2.05, 4.69) is 26.3 Å². The summed E-state index contributed by atoms with van der Waals surface area (Å²) < 4.78 is 0. The van der Waals surface area contributed by atoms with E-state index in [1.807, 2.05) is 0 Å². The predicted molar refractivity (Wildman–Crippen MR) is 113 cm³/mol. The summed E-state index contributed by atoms with van der Waals surface area (Å²) in [7, 11) is 0.